The van der Waals surface area contributed by atoms with E-state index in [-0.39, 0.29) is 24.4 Å². The Hall–Kier alpha value is -5.33. The molecular weight excluding hydrogens is 614 g/mol. The molecule has 2 heterocycles. The highest BCUT2D eigenvalue weighted by Crippen LogP contribution is 2.35. The first-order valence-electron chi connectivity index (χ1n) is 16.1. The molecule has 0 atom stereocenters. The van der Waals surface area contributed by atoms with Crippen molar-refractivity contribution in [3.05, 3.63) is 72.2 Å². The summed E-state index contributed by atoms with van der Waals surface area (Å²) in [6.45, 7) is 9.49. The van der Waals surface area contributed by atoms with Crippen molar-refractivity contribution in [1.82, 2.24) is 14.9 Å². The first-order chi connectivity index (χ1) is 23.0. The second-order valence-electron chi connectivity index (χ2n) is 12.1. The normalized spacial score (nSPS) is 12.9. The van der Waals surface area contributed by atoms with Crippen molar-refractivity contribution in [3.8, 4) is 5.75 Å². The van der Waals surface area contributed by atoms with Gasteiger partial charge in [0.2, 0.25) is 0 Å². The van der Waals surface area contributed by atoms with Gasteiger partial charge in [-0.15, -0.1) is 0 Å². The van der Waals surface area contributed by atoms with Crippen LogP contribution in [0, 0.1) is 0 Å². The van der Waals surface area contributed by atoms with Crippen LogP contribution in [0.25, 0.3) is 5.57 Å². The summed E-state index contributed by atoms with van der Waals surface area (Å²) in [7, 11) is 1.69. The molecule has 0 spiro atoms. The molecule has 256 valence electrons. The zero-order chi connectivity index (χ0) is 34.5. The largest absolute Gasteiger partial charge is 0.491 e. The Kier molecular flexibility index (Phi) is 12.6. The highest BCUT2D eigenvalue weighted by atomic mass is 16.6. The lowest BCUT2D eigenvalue weighted by Gasteiger charge is -2.24. The first-order valence-corrected chi connectivity index (χ1v) is 16.1. The Morgan fingerprint density at radius 2 is 1.83 bits per heavy atom. The number of ether oxygens (including phenoxy) is 3. The molecule has 0 bridgehead atoms. The Bertz CT molecular complexity index is 1590. The Morgan fingerprint density at radius 3 is 2.58 bits per heavy atom. The van der Waals surface area contributed by atoms with E-state index in [1.165, 1.54) is 11.2 Å². The summed E-state index contributed by atoms with van der Waals surface area (Å²) < 4.78 is 16.5. The standard InChI is InChI=1S/C35H45N7O6/c1-6-46-29(43)14-10-19-47-28-20-25(15-16-27(28)38-21-24-12-8-7-9-13-24)37-22-26-30-31(39-23-40-32(30)41-33(26)44)36-17-11-18-42(5)34(45)48-35(2,3)4/h7-9,12-13,15-16,20,22-23,37-38H,6,10-11,14,17-19,21H2,1-5H3,(H2,36,39,40,41,44)/b26-22-. The predicted octanol–water partition coefficient (Wildman–Crippen LogP) is 5.88. The molecule has 0 radical (unpaired) electrons. The van der Waals surface area contributed by atoms with Crippen LogP contribution in [-0.2, 0) is 25.6 Å². The molecular formula is C35H45N7O6. The number of carbonyl (C=O) groups is 3. The lowest BCUT2D eigenvalue weighted by Crippen LogP contribution is -2.35. The number of aromatic nitrogens is 2. The van der Waals surface area contributed by atoms with Crippen LogP contribution in [0.2, 0.25) is 0 Å². The highest BCUT2D eigenvalue weighted by molar-refractivity contribution is 6.32. The summed E-state index contributed by atoms with van der Waals surface area (Å²) in [6, 6.07) is 15.6. The van der Waals surface area contributed by atoms with Gasteiger partial charge in [-0.1, -0.05) is 30.3 Å². The van der Waals surface area contributed by atoms with E-state index in [9.17, 15) is 14.4 Å². The number of benzene rings is 2. The maximum atomic E-state index is 13.0. The minimum absolute atomic E-state index is 0.258. The summed E-state index contributed by atoms with van der Waals surface area (Å²) in [4.78, 5) is 47.2. The predicted molar refractivity (Wildman–Crippen MR) is 186 cm³/mol. The molecule has 1 aromatic heterocycles. The molecule has 0 aliphatic carbocycles. The number of nitrogens with zero attached hydrogens (tertiary/aromatic N) is 3. The molecule has 1 aliphatic heterocycles. The highest BCUT2D eigenvalue weighted by Gasteiger charge is 2.29. The smallest absolute Gasteiger partial charge is 0.410 e. The van der Waals surface area contributed by atoms with E-state index in [2.05, 4.69) is 31.2 Å². The van der Waals surface area contributed by atoms with Gasteiger partial charge in [-0.25, -0.2) is 14.8 Å². The fourth-order valence-electron chi connectivity index (χ4n) is 4.71. The second kappa shape index (κ2) is 17.0. The van der Waals surface area contributed by atoms with Crippen molar-refractivity contribution < 1.29 is 28.6 Å². The topological polar surface area (TPSA) is 156 Å². The van der Waals surface area contributed by atoms with E-state index in [1.54, 1.807) is 20.2 Å². The lowest BCUT2D eigenvalue weighted by atomic mass is 10.1. The van der Waals surface area contributed by atoms with E-state index in [0.29, 0.717) is 79.9 Å². The molecule has 4 N–H and O–H groups in total. The van der Waals surface area contributed by atoms with Crippen LogP contribution in [0.15, 0.2) is 61.1 Å². The van der Waals surface area contributed by atoms with Crippen molar-refractivity contribution in [2.75, 3.05) is 54.6 Å². The third-order valence-electron chi connectivity index (χ3n) is 7.04. The number of fused-ring (bicyclic) bond motifs is 1. The maximum Gasteiger partial charge on any atom is 0.410 e. The molecule has 13 heteroatoms. The third kappa shape index (κ3) is 10.6. The maximum absolute atomic E-state index is 13.0. The first kappa shape index (κ1) is 35.5. The fraction of sp³-hybridized carbons (Fsp3) is 0.400. The van der Waals surface area contributed by atoms with Crippen LogP contribution >= 0.6 is 0 Å². The van der Waals surface area contributed by atoms with Crippen molar-refractivity contribution in [2.45, 2.75) is 59.1 Å². The minimum Gasteiger partial charge on any atom is -0.491 e. The lowest BCUT2D eigenvalue weighted by molar-refractivity contribution is -0.143. The average molecular weight is 660 g/mol. The van der Waals surface area contributed by atoms with Gasteiger partial charge in [0.1, 0.15) is 29.3 Å². The number of hydrogen-bond donors (Lipinski definition) is 4. The van der Waals surface area contributed by atoms with Crippen molar-refractivity contribution in [2.24, 2.45) is 0 Å². The van der Waals surface area contributed by atoms with E-state index in [1.807, 2.05) is 69.3 Å². The number of nitrogens with one attached hydrogen (secondary N) is 4. The molecule has 0 saturated heterocycles. The zero-order valence-electron chi connectivity index (χ0n) is 28.2. The van der Waals surface area contributed by atoms with E-state index in [4.69, 9.17) is 14.2 Å². The van der Waals surface area contributed by atoms with Gasteiger partial charge in [0.25, 0.3) is 5.91 Å². The van der Waals surface area contributed by atoms with Crippen molar-refractivity contribution in [1.29, 1.82) is 0 Å². The van der Waals surface area contributed by atoms with E-state index < -0.39 is 5.60 Å². The van der Waals surface area contributed by atoms with Crippen molar-refractivity contribution in [3.63, 3.8) is 0 Å². The number of carbonyl (C=O) groups excluding carboxylic acids is 3. The summed E-state index contributed by atoms with van der Waals surface area (Å²) in [6.07, 6.45) is 4.00. The molecule has 48 heavy (non-hydrogen) atoms. The summed E-state index contributed by atoms with van der Waals surface area (Å²) >= 11 is 0. The summed E-state index contributed by atoms with van der Waals surface area (Å²) in [5, 5.41) is 12.7. The van der Waals surface area contributed by atoms with Crippen molar-refractivity contribution >= 4 is 46.6 Å². The molecule has 4 rings (SSSR count). The number of hydrogen-bond acceptors (Lipinski definition) is 11. The van der Waals surface area contributed by atoms with Gasteiger partial charge < -0.3 is 40.4 Å². The minimum atomic E-state index is -0.567. The number of rotatable bonds is 16. The summed E-state index contributed by atoms with van der Waals surface area (Å²) in [5.41, 5.74) is 2.93. The van der Waals surface area contributed by atoms with Gasteiger partial charge in [-0.05, 0) is 58.2 Å². The Morgan fingerprint density at radius 1 is 1.04 bits per heavy atom. The molecule has 0 saturated carbocycles. The van der Waals surface area contributed by atoms with Crippen LogP contribution in [0.3, 0.4) is 0 Å². The van der Waals surface area contributed by atoms with Gasteiger partial charge in [0, 0.05) is 51.1 Å². The van der Waals surface area contributed by atoms with Crippen LogP contribution in [-0.4, -0.2) is 71.8 Å². The number of esters is 1. The van der Waals surface area contributed by atoms with Crippen LogP contribution < -0.4 is 26.0 Å². The molecule has 13 nitrogen and oxygen atoms in total. The third-order valence-corrected chi connectivity index (χ3v) is 7.04. The molecule has 2 aromatic carbocycles. The van der Waals surface area contributed by atoms with Gasteiger partial charge in [-0.3, -0.25) is 9.59 Å². The monoisotopic (exact) mass is 659 g/mol. The SMILES string of the molecule is CCOC(=O)CCCOc1cc(N/C=C2\C(=O)Nc3ncnc(NCCCN(C)C(=O)OC(C)(C)C)c32)ccc1NCc1ccccc1. The Labute approximate surface area is 281 Å². The van der Waals surface area contributed by atoms with Gasteiger partial charge in [0.05, 0.1) is 30.0 Å². The van der Waals surface area contributed by atoms with E-state index in [0.717, 1.165) is 11.3 Å². The Balaban J connectivity index is 1.44. The number of amides is 2. The quantitative estimate of drug-likeness (QED) is 0.0827. The van der Waals surface area contributed by atoms with Gasteiger partial charge in [-0.2, -0.15) is 0 Å². The molecule has 0 unspecified atom stereocenters. The average Bonchev–Trinajstić information content (AvgIpc) is 3.38. The molecule has 1 aliphatic rings. The molecule has 2 amide bonds. The van der Waals surface area contributed by atoms with E-state index >= 15 is 0 Å². The zero-order valence-corrected chi connectivity index (χ0v) is 28.2. The summed E-state index contributed by atoms with van der Waals surface area (Å²) in [5.74, 6) is 0.922. The molecule has 0 fully saturated rings. The number of anilines is 4. The fourth-order valence-corrected chi connectivity index (χ4v) is 4.71. The van der Waals surface area contributed by atoms with Crippen LogP contribution in [0.5, 0.6) is 5.75 Å². The molecule has 3 aromatic rings. The van der Waals surface area contributed by atoms with Crippen LogP contribution in [0.1, 0.15) is 58.1 Å². The second-order valence-corrected chi connectivity index (χ2v) is 12.1. The van der Waals surface area contributed by atoms with Gasteiger partial charge in [0.15, 0.2) is 0 Å². The van der Waals surface area contributed by atoms with Gasteiger partial charge >= 0.3 is 12.1 Å². The van der Waals surface area contributed by atoms with Crippen LogP contribution in [0.4, 0.5) is 27.8 Å².